The predicted octanol–water partition coefficient (Wildman–Crippen LogP) is 5.04. The van der Waals surface area contributed by atoms with Gasteiger partial charge in [-0.1, -0.05) is 29.6 Å². The number of likely N-dealkylation sites (tertiary alicyclic amines) is 1. The number of benzene rings is 1. The molecule has 1 aromatic rings. The first-order chi connectivity index (χ1) is 10.1. The maximum absolute atomic E-state index is 12.1. The molecule has 1 aromatic carbocycles. The van der Waals surface area contributed by atoms with Gasteiger partial charge >= 0.3 is 0 Å². The molecule has 1 aliphatic heterocycles. The summed E-state index contributed by atoms with van der Waals surface area (Å²) >= 11 is 11.8. The van der Waals surface area contributed by atoms with Crippen molar-refractivity contribution in [2.75, 3.05) is 19.6 Å². The summed E-state index contributed by atoms with van der Waals surface area (Å²) in [5.41, 5.74) is 0.624. The lowest BCUT2D eigenvalue weighted by molar-refractivity contribution is 0.0978. The van der Waals surface area contributed by atoms with Gasteiger partial charge in [-0.25, -0.2) is 0 Å². The van der Waals surface area contributed by atoms with Gasteiger partial charge in [0, 0.05) is 22.0 Å². The third-order valence-electron chi connectivity index (χ3n) is 3.86. The van der Waals surface area contributed by atoms with E-state index in [0.717, 1.165) is 19.4 Å². The normalized spacial score (nSPS) is 16.1. The third-order valence-corrected chi connectivity index (χ3v) is 4.30. The van der Waals surface area contributed by atoms with Gasteiger partial charge < -0.3 is 4.90 Å². The Hall–Kier alpha value is -0.570. The zero-order chi connectivity index (χ0) is 15.1. The second-order valence-electron chi connectivity index (χ2n) is 5.60. The van der Waals surface area contributed by atoms with Crippen molar-refractivity contribution in [3.8, 4) is 0 Å². The molecule has 0 bridgehead atoms. The largest absolute Gasteiger partial charge is 0.303 e. The van der Waals surface area contributed by atoms with Crippen LogP contribution in [-0.2, 0) is 0 Å². The van der Waals surface area contributed by atoms with Crippen molar-refractivity contribution in [3.63, 3.8) is 0 Å². The fraction of sp³-hybridized carbons (Fsp3) is 0.529. The van der Waals surface area contributed by atoms with Crippen LogP contribution in [0.4, 0.5) is 0 Å². The van der Waals surface area contributed by atoms with E-state index in [9.17, 15) is 4.79 Å². The first-order valence-electron chi connectivity index (χ1n) is 7.68. The van der Waals surface area contributed by atoms with Gasteiger partial charge in [-0.3, -0.25) is 4.79 Å². The molecule has 0 atom stereocenters. The van der Waals surface area contributed by atoms with Gasteiger partial charge in [0.2, 0.25) is 0 Å². The molecule has 1 fully saturated rings. The van der Waals surface area contributed by atoms with Crippen LogP contribution >= 0.6 is 23.2 Å². The van der Waals surface area contributed by atoms with Crippen LogP contribution in [0.15, 0.2) is 18.2 Å². The van der Waals surface area contributed by atoms with E-state index >= 15 is 0 Å². The molecule has 115 valence electrons. The van der Waals surface area contributed by atoms with Gasteiger partial charge in [-0.05, 0) is 69.9 Å². The van der Waals surface area contributed by atoms with Crippen molar-refractivity contribution in [2.24, 2.45) is 0 Å². The fourth-order valence-corrected chi connectivity index (χ4v) is 3.21. The van der Waals surface area contributed by atoms with Crippen LogP contribution < -0.4 is 0 Å². The molecular weight excluding hydrogens is 305 g/mol. The fourth-order valence-electron chi connectivity index (χ4n) is 2.68. The minimum Gasteiger partial charge on any atom is -0.303 e. The van der Waals surface area contributed by atoms with Crippen molar-refractivity contribution in [1.82, 2.24) is 4.90 Å². The summed E-state index contributed by atoms with van der Waals surface area (Å²) in [7, 11) is 0. The maximum Gasteiger partial charge on any atom is 0.162 e. The topological polar surface area (TPSA) is 20.3 Å². The second-order valence-corrected chi connectivity index (χ2v) is 6.47. The van der Waals surface area contributed by atoms with Crippen molar-refractivity contribution in [1.29, 1.82) is 0 Å². The molecule has 0 unspecified atom stereocenters. The molecule has 4 heteroatoms. The van der Waals surface area contributed by atoms with E-state index in [2.05, 4.69) is 11.3 Å². The summed E-state index contributed by atoms with van der Waals surface area (Å²) in [4.78, 5) is 14.6. The highest BCUT2D eigenvalue weighted by atomic mass is 35.5. The Bertz CT molecular complexity index is 450. The molecule has 1 heterocycles. The van der Waals surface area contributed by atoms with Crippen LogP contribution in [0.25, 0.3) is 0 Å². The number of carbonyl (C=O) groups is 1. The van der Waals surface area contributed by atoms with Crippen LogP contribution in [0, 0.1) is 6.42 Å². The van der Waals surface area contributed by atoms with Crippen molar-refractivity contribution >= 4 is 29.0 Å². The zero-order valence-electron chi connectivity index (χ0n) is 12.3. The van der Waals surface area contributed by atoms with E-state index in [1.165, 1.54) is 32.4 Å². The number of hydrogen-bond acceptors (Lipinski definition) is 2. The number of carbonyl (C=O) groups excluding carboxylic acids is 1. The Kier molecular flexibility index (Phi) is 7.01. The van der Waals surface area contributed by atoms with Crippen LogP contribution in [0.2, 0.25) is 10.0 Å². The van der Waals surface area contributed by atoms with Crippen LogP contribution in [0.5, 0.6) is 0 Å². The van der Waals surface area contributed by atoms with Gasteiger partial charge in [0.05, 0.1) is 0 Å². The Labute approximate surface area is 137 Å². The Morgan fingerprint density at radius 3 is 2.33 bits per heavy atom. The lowest BCUT2D eigenvalue weighted by Crippen LogP contribution is -2.30. The Morgan fingerprint density at radius 2 is 1.67 bits per heavy atom. The Balaban J connectivity index is 1.64. The van der Waals surface area contributed by atoms with E-state index in [1.807, 2.05) is 0 Å². The standard InChI is InChI=1S/C17H22Cl2NO/c18-15-11-14(12-16(19)13-15)17(21)7-3-1-4-8-20-9-5-2-6-10-20/h2,11-13H,1,3-10H2. The highest BCUT2D eigenvalue weighted by molar-refractivity contribution is 6.35. The van der Waals surface area contributed by atoms with Gasteiger partial charge in [-0.2, -0.15) is 0 Å². The Morgan fingerprint density at radius 1 is 1.00 bits per heavy atom. The van der Waals surface area contributed by atoms with E-state index in [0.29, 0.717) is 22.0 Å². The second kappa shape index (κ2) is 8.77. The lowest BCUT2D eigenvalue weighted by Gasteiger charge is -2.26. The van der Waals surface area contributed by atoms with Gasteiger partial charge in [0.25, 0.3) is 0 Å². The molecule has 0 aromatic heterocycles. The van der Waals surface area contributed by atoms with Crippen LogP contribution in [0.3, 0.4) is 0 Å². The molecular formula is C17H22Cl2NO. The van der Waals surface area contributed by atoms with Crippen LogP contribution in [-0.4, -0.2) is 30.3 Å². The summed E-state index contributed by atoms with van der Waals surface area (Å²) < 4.78 is 0. The van der Waals surface area contributed by atoms with E-state index in [4.69, 9.17) is 23.2 Å². The van der Waals surface area contributed by atoms with E-state index in [-0.39, 0.29) is 5.78 Å². The number of nitrogens with zero attached hydrogens (tertiary/aromatic N) is 1. The molecule has 21 heavy (non-hydrogen) atoms. The minimum absolute atomic E-state index is 0.131. The summed E-state index contributed by atoms with van der Waals surface area (Å²) in [5.74, 6) is 0.131. The molecule has 0 amide bonds. The number of hydrogen-bond donors (Lipinski definition) is 0. The summed E-state index contributed by atoms with van der Waals surface area (Å²) in [5, 5.41) is 1.04. The predicted molar refractivity (Wildman–Crippen MR) is 89.2 cm³/mol. The minimum atomic E-state index is 0.131. The summed E-state index contributed by atoms with van der Waals surface area (Å²) in [6, 6.07) is 5.04. The smallest absolute Gasteiger partial charge is 0.162 e. The van der Waals surface area contributed by atoms with Crippen molar-refractivity contribution in [2.45, 2.75) is 38.5 Å². The van der Waals surface area contributed by atoms with Gasteiger partial charge in [0.1, 0.15) is 0 Å². The molecule has 0 aliphatic carbocycles. The monoisotopic (exact) mass is 326 g/mol. The number of piperidine rings is 1. The van der Waals surface area contributed by atoms with E-state index < -0.39 is 0 Å². The number of unbranched alkanes of at least 4 members (excludes halogenated alkanes) is 2. The van der Waals surface area contributed by atoms with Crippen molar-refractivity contribution in [3.05, 3.63) is 40.2 Å². The molecule has 1 aliphatic rings. The number of ketones is 1. The lowest BCUT2D eigenvalue weighted by atomic mass is 10.0. The SMILES string of the molecule is O=C(CCCCCN1CC[CH]CC1)c1cc(Cl)cc(Cl)c1. The molecule has 1 radical (unpaired) electrons. The molecule has 2 rings (SSSR count). The van der Waals surface area contributed by atoms with E-state index in [1.54, 1.807) is 18.2 Å². The molecule has 1 saturated heterocycles. The maximum atomic E-state index is 12.1. The first kappa shape index (κ1) is 16.8. The number of rotatable bonds is 7. The summed E-state index contributed by atoms with van der Waals surface area (Å²) in [6.07, 6.45) is 8.57. The number of halogens is 2. The van der Waals surface area contributed by atoms with Gasteiger partial charge in [0.15, 0.2) is 5.78 Å². The highest BCUT2D eigenvalue weighted by Crippen LogP contribution is 2.20. The van der Waals surface area contributed by atoms with Gasteiger partial charge in [-0.15, -0.1) is 0 Å². The summed E-state index contributed by atoms with van der Waals surface area (Å²) in [6.45, 7) is 3.55. The van der Waals surface area contributed by atoms with Crippen LogP contribution in [0.1, 0.15) is 48.9 Å². The third kappa shape index (κ3) is 5.98. The van der Waals surface area contributed by atoms with Crippen molar-refractivity contribution < 1.29 is 4.79 Å². The molecule has 0 N–H and O–H groups in total. The number of Topliss-reactive ketones (excluding diaryl/α,β-unsaturated/α-hetero) is 1. The average Bonchev–Trinajstić information content (AvgIpc) is 2.47. The zero-order valence-corrected chi connectivity index (χ0v) is 13.8. The highest BCUT2D eigenvalue weighted by Gasteiger charge is 2.10. The molecule has 2 nitrogen and oxygen atoms in total. The quantitative estimate of drug-likeness (QED) is 0.517. The molecule has 0 saturated carbocycles. The molecule has 0 spiro atoms. The first-order valence-corrected chi connectivity index (χ1v) is 8.44. The average molecular weight is 327 g/mol.